The van der Waals surface area contributed by atoms with E-state index in [0.29, 0.717) is 6.54 Å². The van der Waals surface area contributed by atoms with Gasteiger partial charge in [-0.3, -0.25) is 4.79 Å². The molecule has 0 atom stereocenters. The molecule has 0 spiro atoms. The monoisotopic (exact) mass is 377 g/mol. The van der Waals surface area contributed by atoms with E-state index in [4.69, 9.17) is 0 Å². The molecule has 1 saturated carbocycles. The minimum absolute atomic E-state index is 0.00223. The molecule has 0 aliphatic heterocycles. The Morgan fingerprint density at radius 3 is 2.44 bits per heavy atom. The molecule has 1 fully saturated rings. The van der Waals surface area contributed by atoms with E-state index in [2.05, 4.69) is 16.8 Å². The van der Waals surface area contributed by atoms with Gasteiger partial charge >= 0.3 is 0 Å². The Bertz CT molecular complexity index is 792. The summed E-state index contributed by atoms with van der Waals surface area (Å²) in [6, 6.07) is 12.5. The Morgan fingerprint density at radius 2 is 1.80 bits per heavy atom. The van der Waals surface area contributed by atoms with Gasteiger partial charge in [0.25, 0.3) is 0 Å². The van der Waals surface area contributed by atoms with E-state index in [0.717, 1.165) is 12.8 Å². The molecule has 1 N–H and O–H groups in total. The summed E-state index contributed by atoms with van der Waals surface area (Å²) in [5.41, 5.74) is 0.0299. The number of rotatable bonds is 7. The van der Waals surface area contributed by atoms with E-state index in [1.54, 1.807) is 41.7 Å². The lowest BCUT2D eigenvalue weighted by molar-refractivity contribution is -0.121. The van der Waals surface area contributed by atoms with Crippen molar-refractivity contribution in [3.8, 4) is 0 Å². The van der Waals surface area contributed by atoms with Crippen molar-refractivity contribution in [3.63, 3.8) is 0 Å². The second-order valence-corrected chi connectivity index (χ2v) is 9.68. The molecule has 1 aromatic heterocycles. The quantitative estimate of drug-likeness (QED) is 0.803. The lowest BCUT2D eigenvalue weighted by Crippen LogP contribution is -2.39. The fraction of sp³-hybridized carbons (Fsp3) is 0.421. The number of hydrogen-bond acceptors (Lipinski definition) is 4. The van der Waals surface area contributed by atoms with E-state index in [-0.39, 0.29) is 28.4 Å². The molecule has 134 valence electrons. The van der Waals surface area contributed by atoms with Crippen LogP contribution in [0.2, 0.25) is 0 Å². The Hall–Kier alpha value is -1.66. The Kier molecular flexibility index (Phi) is 5.59. The fourth-order valence-electron chi connectivity index (χ4n) is 3.47. The Morgan fingerprint density at radius 1 is 1.08 bits per heavy atom. The van der Waals surface area contributed by atoms with E-state index >= 15 is 0 Å². The third-order valence-corrected chi connectivity index (χ3v) is 7.78. The van der Waals surface area contributed by atoms with Gasteiger partial charge in [0.1, 0.15) is 0 Å². The highest BCUT2D eigenvalue weighted by atomic mass is 32.2. The largest absolute Gasteiger partial charge is 0.355 e. The second kappa shape index (κ2) is 7.70. The molecule has 0 radical (unpaired) electrons. The van der Waals surface area contributed by atoms with Crippen LogP contribution in [0.15, 0.2) is 52.7 Å². The molecule has 6 heteroatoms. The predicted molar refractivity (Wildman–Crippen MR) is 101 cm³/mol. The first-order valence-corrected chi connectivity index (χ1v) is 11.1. The SMILES string of the molecule is O=C(CCS(=O)(=O)c1ccccc1)NCC1(c2cccs2)CCCC1. The molecule has 2 aromatic rings. The van der Waals surface area contributed by atoms with E-state index in [9.17, 15) is 13.2 Å². The van der Waals surface area contributed by atoms with Crippen LogP contribution >= 0.6 is 11.3 Å². The summed E-state index contributed by atoms with van der Waals surface area (Å²) in [5, 5.41) is 5.05. The van der Waals surface area contributed by atoms with Crippen molar-refractivity contribution in [3.05, 3.63) is 52.7 Å². The van der Waals surface area contributed by atoms with Gasteiger partial charge in [0.15, 0.2) is 9.84 Å². The topological polar surface area (TPSA) is 63.2 Å². The Balaban J connectivity index is 1.56. The molecule has 1 aliphatic rings. The van der Waals surface area contributed by atoms with Crippen molar-refractivity contribution in [1.82, 2.24) is 5.32 Å². The van der Waals surface area contributed by atoms with Gasteiger partial charge < -0.3 is 5.32 Å². The summed E-state index contributed by atoms with van der Waals surface area (Å²) in [6.07, 6.45) is 4.51. The molecule has 25 heavy (non-hydrogen) atoms. The highest BCUT2D eigenvalue weighted by molar-refractivity contribution is 7.91. The normalized spacial score (nSPS) is 16.6. The zero-order valence-electron chi connectivity index (χ0n) is 14.1. The third kappa shape index (κ3) is 4.30. The average molecular weight is 378 g/mol. The van der Waals surface area contributed by atoms with Gasteiger partial charge in [-0.25, -0.2) is 8.42 Å². The molecule has 4 nitrogen and oxygen atoms in total. The smallest absolute Gasteiger partial charge is 0.221 e. The van der Waals surface area contributed by atoms with Crippen LogP contribution in [0.1, 0.15) is 37.0 Å². The maximum Gasteiger partial charge on any atom is 0.221 e. The van der Waals surface area contributed by atoms with Crippen molar-refractivity contribution in [2.75, 3.05) is 12.3 Å². The highest BCUT2D eigenvalue weighted by Crippen LogP contribution is 2.42. The predicted octanol–water partition coefficient (Wildman–Crippen LogP) is 3.54. The first-order valence-electron chi connectivity index (χ1n) is 8.60. The van der Waals surface area contributed by atoms with Crippen LogP contribution in [0.5, 0.6) is 0 Å². The molecule has 0 unspecified atom stereocenters. The molecular weight excluding hydrogens is 354 g/mol. The van der Waals surface area contributed by atoms with Crippen molar-refractivity contribution in [2.45, 2.75) is 42.4 Å². The van der Waals surface area contributed by atoms with Gasteiger partial charge in [-0.15, -0.1) is 11.3 Å². The van der Waals surface area contributed by atoms with Gasteiger partial charge in [-0.1, -0.05) is 37.1 Å². The maximum absolute atomic E-state index is 12.3. The molecule has 1 heterocycles. The molecule has 0 bridgehead atoms. The number of benzene rings is 1. The second-order valence-electron chi connectivity index (χ2n) is 6.62. The fourth-order valence-corrected chi connectivity index (χ4v) is 5.72. The van der Waals surface area contributed by atoms with Crippen molar-refractivity contribution in [1.29, 1.82) is 0 Å². The highest BCUT2D eigenvalue weighted by Gasteiger charge is 2.36. The standard InChI is InChI=1S/C19H23NO3S2/c21-18(10-14-25(22,23)16-7-2-1-3-8-16)20-15-19(11-4-5-12-19)17-9-6-13-24-17/h1-3,6-9,13H,4-5,10-12,14-15H2,(H,20,21). The summed E-state index contributed by atoms with van der Waals surface area (Å²) >= 11 is 1.74. The molecule has 1 amide bonds. The van der Waals surface area contributed by atoms with Gasteiger partial charge in [-0.2, -0.15) is 0 Å². The minimum atomic E-state index is -3.41. The third-order valence-electron chi connectivity index (χ3n) is 4.93. The summed E-state index contributed by atoms with van der Waals surface area (Å²) in [7, 11) is -3.41. The number of sulfone groups is 1. The van der Waals surface area contributed by atoms with E-state index in [1.165, 1.54) is 17.7 Å². The summed E-state index contributed by atoms with van der Waals surface area (Å²) < 4.78 is 24.5. The number of thiophene rings is 1. The molecular formula is C19H23NO3S2. The number of nitrogens with one attached hydrogen (secondary N) is 1. The average Bonchev–Trinajstić information content (AvgIpc) is 3.31. The van der Waals surface area contributed by atoms with Crippen LogP contribution in [0, 0.1) is 0 Å². The molecule has 1 aromatic carbocycles. The van der Waals surface area contributed by atoms with Crippen molar-refractivity contribution >= 4 is 27.1 Å². The van der Waals surface area contributed by atoms with Crippen LogP contribution in [0.25, 0.3) is 0 Å². The number of carbonyl (C=O) groups excluding carboxylic acids is 1. The summed E-state index contributed by atoms with van der Waals surface area (Å²) in [6.45, 7) is 0.595. The van der Waals surface area contributed by atoms with E-state index < -0.39 is 9.84 Å². The summed E-state index contributed by atoms with van der Waals surface area (Å²) in [5.74, 6) is -0.350. The van der Waals surface area contributed by atoms with Gasteiger partial charge in [0, 0.05) is 23.3 Å². The number of carbonyl (C=O) groups is 1. The lowest BCUT2D eigenvalue weighted by atomic mass is 9.84. The van der Waals surface area contributed by atoms with Crippen LogP contribution in [0.3, 0.4) is 0 Å². The summed E-state index contributed by atoms with van der Waals surface area (Å²) in [4.78, 5) is 13.8. The van der Waals surface area contributed by atoms with Crippen LogP contribution in [-0.4, -0.2) is 26.6 Å². The van der Waals surface area contributed by atoms with Crippen LogP contribution in [0.4, 0.5) is 0 Å². The zero-order valence-corrected chi connectivity index (χ0v) is 15.7. The first-order chi connectivity index (χ1) is 12.0. The molecule has 1 aliphatic carbocycles. The van der Waals surface area contributed by atoms with Crippen molar-refractivity contribution in [2.24, 2.45) is 0 Å². The van der Waals surface area contributed by atoms with E-state index in [1.807, 2.05) is 6.07 Å². The van der Waals surface area contributed by atoms with Gasteiger partial charge in [0.05, 0.1) is 10.6 Å². The van der Waals surface area contributed by atoms with Crippen molar-refractivity contribution < 1.29 is 13.2 Å². The van der Waals surface area contributed by atoms with Crippen LogP contribution in [-0.2, 0) is 20.0 Å². The lowest BCUT2D eigenvalue weighted by Gasteiger charge is -2.28. The maximum atomic E-state index is 12.3. The minimum Gasteiger partial charge on any atom is -0.355 e. The van der Waals surface area contributed by atoms with Gasteiger partial charge in [0.2, 0.25) is 5.91 Å². The molecule has 0 saturated heterocycles. The number of hydrogen-bond donors (Lipinski definition) is 1. The Labute approximate surface area is 153 Å². The zero-order chi connectivity index (χ0) is 17.8. The van der Waals surface area contributed by atoms with Crippen LogP contribution < -0.4 is 5.32 Å². The number of amides is 1. The first kappa shape index (κ1) is 18.1. The molecule has 3 rings (SSSR count). The van der Waals surface area contributed by atoms with Gasteiger partial charge in [-0.05, 0) is 36.4 Å².